The average molecular weight is 237 g/mol. The van der Waals surface area contributed by atoms with Gasteiger partial charge in [0.15, 0.2) is 0 Å². The van der Waals surface area contributed by atoms with Crippen molar-refractivity contribution in [1.29, 1.82) is 0 Å². The molecule has 0 saturated heterocycles. The lowest BCUT2D eigenvalue weighted by atomic mass is 10.6. The van der Waals surface area contributed by atoms with Crippen LogP contribution in [0.5, 0.6) is 0 Å². The number of rotatable bonds is 9. The summed E-state index contributed by atoms with van der Waals surface area (Å²) in [5, 5.41) is 3.05. The first-order valence-corrected chi connectivity index (χ1v) is 6.59. The highest BCUT2D eigenvalue weighted by Gasteiger charge is 2.26. The quantitative estimate of drug-likeness (QED) is 0.441. The smallest absolute Gasteiger partial charge is 0.277 e. The molecule has 1 rings (SSSR count). The van der Waals surface area contributed by atoms with E-state index in [1.165, 1.54) is 0 Å². The summed E-state index contributed by atoms with van der Waals surface area (Å²) in [4.78, 5) is 0. The summed E-state index contributed by atoms with van der Waals surface area (Å²) in [5.74, 6) is 0. The van der Waals surface area contributed by atoms with Crippen molar-refractivity contribution in [3.63, 3.8) is 0 Å². The van der Waals surface area contributed by atoms with Gasteiger partial charge in [0.2, 0.25) is 0 Å². The highest BCUT2D eigenvalue weighted by atomic mass is 32.2. The van der Waals surface area contributed by atoms with E-state index in [1.54, 1.807) is 7.11 Å². The predicted octanol–water partition coefficient (Wildman–Crippen LogP) is -1.19. The molecule has 7 heteroatoms. The summed E-state index contributed by atoms with van der Waals surface area (Å²) in [7, 11) is -1.65. The van der Waals surface area contributed by atoms with Gasteiger partial charge < -0.3 is 10.1 Å². The second-order valence-corrected chi connectivity index (χ2v) is 5.06. The Labute approximate surface area is 90.9 Å². The lowest BCUT2D eigenvalue weighted by Crippen LogP contribution is -2.41. The minimum Gasteiger partial charge on any atom is -0.383 e. The maximum atomic E-state index is 11.3. The number of hydrogen-bond acceptors (Lipinski definition) is 4. The molecule has 90 valence electrons. The Morgan fingerprint density at radius 2 is 2.00 bits per heavy atom. The fourth-order valence-corrected chi connectivity index (χ4v) is 2.16. The van der Waals surface area contributed by atoms with Crippen LogP contribution >= 0.6 is 0 Å². The van der Waals surface area contributed by atoms with Crippen LogP contribution in [-0.4, -0.2) is 47.8 Å². The standard InChI is InChI=1S/C8H19N3O3S/c1-14-7-6-9-4-5-10-15(12,13)11-8-2-3-8/h8-11H,2-7H2,1H3. The Bertz CT molecular complexity index is 264. The Balaban J connectivity index is 1.98. The molecule has 0 atom stereocenters. The van der Waals surface area contributed by atoms with Crippen molar-refractivity contribution in [2.75, 3.05) is 33.4 Å². The van der Waals surface area contributed by atoms with Gasteiger partial charge in [-0.05, 0) is 12.8 Å². The highest BCUT2D eigenvalue weighted by molar-refractivity contribution is 7.87. The van der Waals surface area contributed by atoms with Crippen molar-refractivity contribution < 1.29 is 13.2 Å². The van der Waals surface area contributed by atoms with E-state index in [0.29, 0.717) is 19.7 Å². The number of methoxy groups -OCH3 is 1. The van der Waals surface area contributed by atoms with E-state index >= 15 is 0 Å². The summed E-state index contributed by atoms with van der Waals surface area (Å²) in [5.41, 5.74) is 0. The molecular formula is C8H19N3O3S. The number of hydrogen-bond donors (Lipinski definition) is 3. The van der Waals surface area contributed by atoms with E-state index in [0.717, 1.165) is 19.4 Å². The fourth-order valence-electron chi connectivity index (χ4n) is 1.04. The topological polar surface area (TPSA) is 79.5 Å². The van der Waals surface area contributed by atoms with Crippen LogP contribution in [0.4, 0.5) is 0 Å². The molecule has 1 fully saturated rings. The van der Waals surface area contributed by atoms with Gasteiger partial charge in [0, 0.05) is 32.8 Å². The van der Waals surface area contributed by atoms with Crippen LogP contribution in [-0.2, 0) is 14.9 Å². The molecule has 0 radical (unpaired) electrons. The van der Waals surface area contributed by atoms with E-state index in [4.69, 9.17) is 4.74 Å². The molecule has 1 aliphatic carbocycles. The van der Waals surface area contributed by atoms with Crippen LogP contribution < -0.4 is 14.8 Å². The summed E-state index contributed by atoms with van der Waals surface area (Å²) in [6.45, 7) is 2.36. The second-order valence-electron chi connectivity index (χ2n) is 3.53. The van der Waals surface area contributed by atoms with Crippen LogP contribution in [0.2, 0.25) is 0 Å². The predicted molar refractivity (Wildman–Crippen MR) is 57.8 cm³/mol. The van der Waals surface area contributed by atoms with E-state index < -0.39 is 10.2 Å². The number of nitrogens with one attached hydrogen (secondary N) is 3. The minimum atomic E-state index is -3.28. The molecule has 15 heavy (non-hydrogen) atoms. The third-order valence-corrected chi connectivity index (χ3v) is 3.20. The Kier molecular flexibility index (Phi) is 5.48. The van der Waals surface area contributed by atoms with Gasteiger partial charge in [0.05, 0.1) is 6.61 Å². The monoisotopic (exact) mass is 237 g/mol. The molecule has 1 aliphatic rings. The van der Waals surface area contributed by atoms with Crippen molar-refractivity contribution >= 4 is 10.2 Å². The maximum absolute atomic E-state index is 11.3. The molecule has 0 aliphatic heterocycles. The Morgan fingerprint density at radius 3 is 2.60 bits per heavy atom. The van der Waals surface area contributed by atoms with E-state index in [-0.39, 0.29) is 6.04 Å². The Hall–Kier alpha value is -0.210. The fraction of sp³-hybridized carbons (Fsp3) is 1.00. The molecule has 0 aromatic rings. The lowest BCUT2D eigenvalue weighted by molar-refractivity contribution is 0.199. The highest BCUT2D eigenvalue weighted by Crippen LogP contribution is 2.19. The van der Waals surface area contributed by atoms with Crippen LogP contribution in [0.25, 0.3) is 0 Å². The van der Waals surface area contributed by atoms with Crippen molar-refractivity contribution in [3.8, 4) is 0 Å². The van der Waals surface area contributed by atoms with Crippen LogP contribution in [0, 0.1) is 0 Å². The maximum Gasteiger partial charge on any atom is 0.277 e. The summed E-state index contributed by atoms with van der Waals surface area (Å²) >= 11 is 0. The molecule has 0 spiro atoms. The van der Waals surface area contributed by atoms with Crippen molar-refractivity contribution in [2.24, 2.45) is 0 Å². The zero-order chi connectivity index (χ0) is 11.1. The SMILES string of the molecule is COCCNCCNS(=O)(=O)NC1CC1. The molecular weight excluding hydrogens is 218 g/mol. The van der Waals surface area contributed by atoms with Gasteiger partial charge in [-0.25, -0.2) is 4.72 Å². The molecule has 0 aromatic carbocycles. The van der Waals surface area contributed by atoms with Gasteiger partial charge in [-0.1, -0.05) is 0 Å². The van der Waals surface area contributed by atoms with E-state index in [1.807, 2.05) is 0 Å². The number of ether oxygens (including phenoxy) is 1. The molecule has 1 saturated carbocycles. The normalized spacial score (nSPS) is 16.9. The average Bonchev–Trinajstić information content (AvgIpc) is 2.94. The van der Waals surface area contributed by atoms with Crippen molar-refractivity contribution in [1.82, 2.24) is 14.8 Å². The minimum absolute atomic E-state index is 0.156. The van der Waals surface area contributed by atoms with Gasteiger partial charge in [0.25, 0.3) is 10.2 Å². The first-order valence-electron chi connectivity index (χ1n) is 5.10. The summed E-state index contributed by atoms with van der Waals surface area (Å²) < 4.78 is 32.4. The third-order valence-electron chi connectivity index (χ3n) is 1.98. The molecule has 3 N–H and O–H groups in total. The van der Waals surface area contributed by atoms with E-state index in [2.05, 4.69) is 14.8 Å². The first kappa shape index (κ1) is 12.9. The molecule has 0 bridgehead atoms. The molecule has 0 amide bonds. The van der Waals surface area contributed by atoms with Crippen LogP contribution in [0.15, 0.2) is 0 Å². The van der Waals surface area contributed by atoms with Crippen molar-refractivity contribution in [2.45, 2.75) is 18.9 Å². The third kappa shape index (κ3) is 6.80. The zero-order valence-corrected chi connectivity index (χ0v) is 9.77. The van der Waals surface area contributed by atoms with Gasteiger partial charge in [-0.3, -0.25) is 0 Å². The summed E-state index contributed by atoms with van der Waals surface area (Å²) in [6, 6.07) is 0.156. The zero-order valence-electron chi connectivity index (χ0n) is 8.95. The molecule has 0 heterocycles. The lowest BCUT2D eigenvalue weighted by Gasteiger charge is -2.07. The summed E-state index contributed by atoms with van der Waals surface area (Å²) in [6.07, 6.45) is 1.90. The Morgan fingerprint density at radius 1 is 1.27 bits per heavy atom. The first-order chi connectivity index (χ1) is 7.14. The van der Waals surface area contributed by atoms with E-state index in [9.17, 15) is 8.42 Å². The van der Waals surface area contributed by atoms with Gasteiger partial charge in [0.1, 0.15) is 0 Å². The second kappa shape index (κ2) is 6.39. The van der Waals surface area contributed by atoms with Crippen molar-refractivity contribution in [3.05, 3.63) is 0 Å². The van der Waals surface area contributed by atoms with Gasteiger partial charge in [-0.15, -0.1) is 0 Å². The van der Waals surface area contributed by atoms with Crippen LogP contribution in [0.1, 0.15) is 12.8 Å². The molecule has 6 nitrogen and oxygen atoms in total. The molecule has 0 aromatic heterocycles. The largest absolute Gasteiger partial charge is 0.383 e. The molecule has 0 unspecified atom stereocenters. The van der Waals surface area contributed by atoms with Gasteiger partial charge >= 0.3 is 0 Å². The van der Waals surface area contributed by atoms with Crippen LogP contribution in [0.3, 0.4) is 0 Å². The van der Waals surface area contributed by atoms with Gasteiger partial charge in [-0.2, -0.15) is 13.1 Å².